The highest BCUT2D eigenvalue weighted by Gasteiger charge is 2.09. The summed E-state index contributed by atoms with van der Waals surface area (Å²) in [7, 11) is 0. The van der Waals surface area contributed by atoms with Crippen molar-refractivity contribution in [2.45, 2.75) is 25.9 Å². The van der Waals surface area contributed by atoms with Gasteiger partial charge in [-0.1, -0.05) is 36.7 Å². The van der Waals surface area contributed by atoms with Gasteiger partial charge in [0.25, 0.3) is 0 Å². The normalized spacial score (nSPS) is 12.5. The lowest BCUT2D eigenvalue weighted by molar-refractivity contribution is 0.177. The van der Waals surface area contributed by atoms with E-state index in [-0.39, 0.29) is 0 Å². The van der Waals surface area contributed by atoms with Gasteiger partial charge in [-0.25, -0.2) is 0 Å². The summed E-state index contributed by atoms with van der Waals surface area (Å²) < 4.78 is 1.000. The van der Waals surface area contributed by atoms with Crippen LogP contribution in [0.1, 0.15) is 31.4 Å². The first-order valence-electron chi connectivity index (χ1n) is 4.84. The molecule has 0 saturated heterocycles. The number of hydrogen-bond donors (Lipinski definition) is 1. The maximum absolute atomic E-state index is 9.92. The van der Waals surface area contributed by atoms with Crippen LogP contribution < -0.4 is 0 Å². The summed E-state index contributed by atoms with van der Waals surface area (Å²) in [5, 5.41) is 10.6. The zero-order chi connectivity index (χ0) is 11.4. The van der Waals surface area contributed by atoms with E-state index in [1.807, 2.05) is 25.1 Å². The van der Waals surface area contributed by atoms with Crippen LogP contribution in [0.4, 0.5) is 0 Å². The second-order valence-electron chi connectivity index (χ2n) is 3.50. The Labute approximate surface area is 109 Å². The molecule has 0 fully saturated rings. The SMILES string of the molecule is C=C(CC)CC(O)c1ccc(I)c(Cl)c1. The minimum atomic E-state index is -0.494. The van der Waals surface area contributed by atoms with E-state index in [0.29, 0.717) is 11.4 Å². The number of halogens is 2. The van der Waals surface area contributed by atoms with Crippen molar-refractivity contribution in [1.29, 1.82) is 0 Å². The van der Waals surface area contributed by atoms with Crippen molar-refractivity contribution in [2.75, 3.05) is 0 Å². The number of rotatable bonds is 4. The highest BCUT2D eigenvalue weighted by molar-refractivity contribution is 14.1. The predicted molar refractivity (Wildman–Crippen MR) is 73.2 cm³/mol. The Hall–Kier alpha value is -0.0600. The Morgan fingerprint density at radius 1 is 1.60 bits per heavy atom. The molecule has 3 heteroatoms. The van der Waals surface area contributed by atoms with Crippen molar-refractivity contribution in [3.63, 3.8) is 0 Å². The molecule has 1 aromatic rings. The van der Waals surface area contributed by atoms with Gasteiger partial charge >= 0.3 is 0 Å². The first-order chi connectivity index (χ1) is 7.04. The highest BCUT2D eigenvalue weighted by Crippen LogP contribution is 2.26. The summed E-state index contributed by atoms with van der Waals surface area (Å²) in [5.74, 6) is 0. The molecule has 0 heterocycles. The molecule has 0 spiro atoms. The minimum Gasteiger partial charge on any atom is -0.388 e. The van der Waals surface area contributed by atoms with Gasteiger partial charge in [-0.3, -0.25) is 0 Å². The van der Waals surface area contributed by atoms with Crippen LogP contribution in [0.2, 0.25) is 5.02 Å². The number of hydrogen-bond acceptors (Lipinski definition) is 1. The van der Waals surface area contributed by atoms with Crippen LogP contribution in [0.15, 0.2) is 30.4 Å². The third-order valence-corrected chi connectivity index (χ3v) is 3.88. The second-order valence-corrected chi connectivity index (χ2v) is 5.07. The first-order valence-corrected chi connectivity index (χ1v) is 6.30. The molecular formula is C12H14ClIO. The van der Waals surface area contributed by atoms with E-state index < -0.39 is 6.10 Å². The molecule has 0 aliphatic heterocycles. The van der Waals surface area contributed by atoms with E-state index in [9.17, 15) is 5.11 Å². The zero-order valence-electron chi connectivity index (χ0n) is 8.63. The summed E-state index contributed by atoms with van der Waals surface area (Å²) in [6.07, 6.45) is 1.01. The van der Waals surface area contributed by atoms with Gasteiger partial charge in [-0.05, 0) is 53.1 Å². The van der Waals surface area contributed by atoms with E-state index in [1.165, 1.54) is 0 Å². The van der Waals surface area contributed by atoms with Gasteiger partial charge < -0.3 is 5.11 Å². The lowest BCUT2D eigenvalue weighted by Gasteiger charge is -2.12. The molecule has 1 N–H and O–H groups in total. The average molecular weight is 337 g/mol. The molecule has 1 nitrogen and oxygen atoms in total. The summed E-state index contributed by atoms with van der Waals surface area (Å²) in [6, 6.07) is 5.63. The molecule has 1 atom stereocenters. The van der Waals surface area contributed by atoms with Crippen LogP contribution >= 0.6 is 34.2 Å². The fourth-order valence-electron chi connectivity index (χ4n) is 1.26. The molecule has 82 valence electrons. The van der Waals surface area contributed by atoms with Gasteiger partial charge in [0, 0.05) is 3.57 Å². The smallest absolute Gasteiger partial charge is 0.0827 e. The third kappa shape index (κ3) is 3.78. The van der Waals surface area contributed by atoms with Gasteiger partial charge in [-0.15, -0.1) is 0 Å². The van der Waals surface area contributed by atoms with Gasteiger partial charge in [0.05, 0.1) is 11.1 Å². The Kier molecular flexibility index (Phi) is 5.09. The summed E-state index contributed by atoms with van der Waals surface area (Å²) >= 11 is 8.15. The molecule has 0 radical (unpaired) electrons. The fourth-order valence-corrected chi connectivity index (χ4v) is 1.78. The summed E-state index contributed by atoms with van der Waals surface area (Å²) in [6.45, 7) is 5.92. The van der Waals surface area contributed by atoms with Crippen molar-refractivity contribution in [1.82, 2.24) is 0 Å². The number of benzene rings is 1. The van der Waals surface area contributed by atoms with Gasteiger partial charge in [0.2, 0.25) is 0 Å². The van der Waals surface area contributed by atoms with Crippen LogP contribution in [0.5, 0.6) is 0 Å². The lowest BCUT2D eigenvalue weighted by Crippen LogP contribution is -1.98. The van der Waals surface area contributed by atoms with E-state index >= 15 is 0 Å². The maximum atomic E-state index is 9.92. The van der Waals surface area contributed by atoms with Gasteiger partial charge in [0.15, 0.2) is 0 Å². The standard InChI is InChI=1S/C12H14ClIO/c1-3-8(2)6-12(15)9-4-5-11(14)10(13)7-9/h4-5,7,12,15H,2-3,6H2,1H3. The Bertz CT molecular complexity index is 363. The quantitative estimate of drug-likeness (QED) is 0.641. The van der Waals surface area contributed by atoms with Crippen LogP contribution in [-0.2, 0) is 0 Å². The molecule has 0 aromatic heterocycles. The molecule has 0 saturated carbocycles. The zero-order valence-corrected chi connectivity index (χ0v) is 11.5. The Morgan fingerprint density at radius 2 is 2.27 bits per heavy atom. The molecular weight excluding hydrogens is 322 g/mol. The van der Waals surface area contributed by atoms with Crippen LogP contribution in [0, 0.1) is 3.57 Å². The molecule has 0 amide bonds. The second kappa shape index (κ2) is 5.87. The highest BCUT2D eigenvalue weighted by atomic mass is 127. The van der Waals surface area contributed by atoms with Crippen molar-refractivity contribution in [2.24, 2.45) is 0 Å². The number of aliphatic hydroxyl groups is 1. The van der Waals surface area contributed by atoms with Crippen molar-refractivity contribution in [3.8, 4) is 0 Å². The molecule has 0 aliphatic rings. The third-order valence-electron chi connectivity index (χ3n) is 2.31. The minimum absolute atomic E-state index is 0.494. The van der Waals surface area contributed by atoms with Gasteiger partial charge in [-0.2, -0.15) is 0 Å². The first kappa shape index (κ1) is 13.0. The molecule has 1 rings (SSSR count). The molecule has 1 unspecified atom stereocenters. The van der Waals surface area contributed by atoms with Crippen molar-refractivity contribution >= 4 is 34.2 Å². The van der Waals surface area contributed by atoms with E-state index in [0.717, 1.165) is 21.1 Å². The van der Waals surface area contributed by atoms with Crippen molar-refractivity contribution < 1.29 is 5.11 Å². The van der Waals surface area contributed by atoms with E-state index in [2.05, 4.69) is 29.2 Å². The molecule has 0 aliphatic carbocycles. The average Bonchev–Trinajstić information content (AvgIpc) is 2.21. The Balaban J connectivity index is 2.78. The van der Waals surface area contributed by atoms with E-state index in [1.54, 1.807) is 0 Å². The van der Waals surface area contributed by atoms with Crippen LogP contribution in [-0.4, -0.2) is 5.11 Å². The Morgan fingerprint density at radius 3 is 2.80 bits per heavy atom. The lowest BCUT2D eigenvalue weighted by atomic mass is 10.0. The van der Waals surface area contributed by atoms with Crippen LogP contribution in [0.3, 0.4) is 0 Å². The molecule has 0 bridgehead atoms. The molecule has 15 heavy (non-hydrogen) atoms. The maximum Gasteiger partial charge on any atom is 0.0827 e. The largest absolute Gasteiger partial charge is 0.388 e. The predicted octanol–water partition coefficient (Wildman–Crippen LogP) is 4.33. The molecule has 1 aromatic carbocycles. The number of aliphatic hydroxyl groups excluding tert-OH is 1. The van der Waals surface area contributed by atoms with E-state index in [4.69, 9.17) is 11.6 Å². The summed E-state index contributed by atoms with van der Waals surface area (Å²) in [4.78, 5) is 0. The monoisotopic (exact) mass is 336 g/mol. The van der Waals surface area contributed by atoms with Crippen LogP contribution in [0.25, 0.3) is 0 Å². The fraction of sp³-hybridized carbons (Fsp3) is 0.333. The van der Waals surface area contributed by atoms with Crippen molar-refractivity contribution in [3.05, 3.63) is 44.5 Å². The topological polar surface area (TPSA) is 20.2 Å². The van der Waals surface area contributed by atoms with Gasteiger partial charge in [0.1, 0.15) is 0 Å². The summed E-state index contributed by atoms with van der Waals surface area (Å²) in [5.41, 5.74) is 1.91.